The molecule has 0 unspecified atom stereocenters. The Balaban J connectivity index is 1.01. The first-order valence-corrected chi connectivity index (χ1v) is 23.2. The lowest BCUT2D eigenvalue weighted by molar-refractivity contribution is 1.15. The maximum atomic E-state index is 10.3. The van der Waals surface area contributed by atoms with Gasteiger partial charge in [-0.05, 0) is 118 Å². The minimum Gasteiger partial charge on any atom is -0.310 e. The van der Waals surface area contributed by atoms with Crippen LogP contribution in [0.4, 0.5) is 17.1 Å². The standard InChI is InChI=1S/C64H37N7/c65-38-48-12-8-13-49(39-66)63(48)70-59-18-6-4-16-55(59)57-36-53(32-34-61(57)70)69(54-33-35-62-58(37-54)56-17-5-7-19-60(56)71(62)64-50(40-67)14-9-15-51(64)41-68)52-30-28-47(29-31-52)46-26-24-45(25-27-46)44-22-20-43(21-23-44)42-10-2-1-3-11-42/h1-37H. The molecule has 0 saturated heterocycles. The minimum atomic E-state index is 0.413. The normalized spacial score (nSPS) is 11.0. The minimum absolute atomic E-state index is 0.413. The number of fused-ring (bicyclic) bond motifs is 6. The summed E-state index contributed by atoms with van der Waals surface area (Å²) in [5.74, 6) is 0. The summed E-state index contributed by atoms with van der Waals surface area (Å²) in [7, 11) is 0. The summed E-state index contributed by atoms with van der Waals surface area (Å²) in [6.45, 7) is 0. The summed E-state index contributed by atoms with van der Waals surface area (Å²) in [5, 5.41) is 45.1. The van der Waals surface area contributed by atoms with Crippen LogP contribution in [-0.2, 0) is 0 Å². The van der Waals surface area contributed by atoms with E-state index in [0.29, 0.717) is 33.6 Å². The highest BCUT2D eigenvalue weighted by Crippen LogP contribution is 2.44. The van der Waals surface area contributed by atoms with E-state index in [1.807, 2.05) is 51.6 Å². The Morgan fingerprint density at radius 3 is 0.958 bits per heavy atom. The van der Waals surface area contributed by atoms with Crippen molar-refractivity contribution in [3.05, 3.63) is 247 Å². The largest absolute Gasteiger partial charge is 0.310 e. The van der Waals surface area contributed by atoms with Crippen LogP contribution in [0.3, 0.4) is 0 Å². The lowest BCUT2D eigenvalue weighted by Gasteiger charge is -2.26. The molecule has 0 saturated carbocycles. The zero-order valence-electron chi connectivity index (χ0n) is 38.0. The summed E-state index contributed by atoms with van der Waals surface area (Å²) < 4.78 is 4.07. The van der Waals surface area contributed by atoms with Crippen molar-refractivity contribution in [3.63, 3.8) is 0 Å². The van der Waals surface area contributed by atoms with Crippen molar-refractivity contribution in [2.75, 3.05) is 4.90 Å². The molecule has 0 atom stereocenters. The highest BCUT2D eigenvalue weighted by Gasteiger charge is 2.23. The maximum absolute atomic E-state index is 10.3. The van der Waals surface area contributed by atoms with E-state index in [4.69, 9.17) is 0 Å². The van der Waals surface area contributed by atoms with Gasteiger partial charge in [-0.3, -0.25) is 0 Å². The quantitative estimate of drug-likeness (QED) is 0.151. The molecule has 0 bridgehead atoms. The van der Waals surface area contributed by atoms with Gasteiger partial charge in [0.25, 0.3) is 0 Å². The summed E-state index contributed by atoms with van der Waals surface area (Å²) in [6, 6.07) is 85.1. The Hall–Kier alpha value is -10.4. The second-order valence-corrected chi connectivity index (χ2v) is 17.4. The maximum Gasteiger partial charge on any atom is 0.101 e. The summed E-state index contributed by atoms with van der Waals surface area (Å²) in [6.07, 6.45) is 0. The lowest BCUT2D eigenvalue weighted by Crippen LogP contribution is -2.10. The summed E-state index contributed by atoms with van der Waals surface area (Å²) >= 11 is 0. The number of aromatic nitrogens is 2. The van der Waals surface area contributed by atoms with Crippen molar-refractivity contribution >= 4 is 60.7 Å². The van der Waals surface area contributed by atoms with Crippen molar-refractivity contribution in [3.8, 4) is 69.0 Å². The lowest BCUT2D eigenvalue weighted by atomic mass is 9.98. The molecule has 12 aromatic rings. The van der Waals surface area contributed by atoms with Crippen LogP contribution in [0.2, 0.25) is 0 Å². The molecule has 0 N–H and O–H groups in total. The van der Waals surface area contributed by atoms with Gasteiger partial charge in [0, 0.05) is 38.6 Å². The molecule has 71 heavy (non-hydrogen) atoms. The van der Waals surface area contributed by atoms with Crippen LogP contribution >= 0.6 is 0 Å². The third-order valence-electron chi connectivity index (χ3n) is 13.5. The van der Waals surface area contributed by atoms with Gasteiger partial charge in [0.05, 0.1) is 55.7 Å². The highest BCUT2D eigenvalue weighted by molar-refractivity contribution is 6.13. The second kappa shape index (κ2) is 17.3. The van der Waals surface area contributed by atoms with E-state index in [1.54, 1.807) is 36.4 Å². The molecule has 7 heteroatoms. The molecular formula is C64H37N7. The Labute approximate surface area is 409 Å². The Kier molecular flexibility index (Phi) is 10.2. The fourth-order valence-corrected chi connectivity index (χ4v) is 10.2. The van der Waals surface area contributed by atoms with Crippen molar-refractivity contribution in [1.82, 2.24) is 9.13 Å². The molecular weight excluding hydrogens is 867 g/mol. The van der Waals surface area contributed by atoms with Crippen molar-refractivity contribution in [2.45, 2.75) is 0 Å². The van der Waals surface area contributed by atoms with Crippen molar-refractivity contribution < 1.29 is 0 Å². The molecule has 328 valence electrons. The van der Waals surface area contributed by atoms with Gasteiger partial charge in [-0.25, -0.2) is 0 Å². The van der Waals surface area contributed by atoms with E-state index in [1.165, 1.54) is 11.1 Å². The highest BCUT2D eigenvalue weighted by atomic mass is 15.1. The van der Waals surface area contributed by atoms with Gasteiger partial charge in [-0.1, -0.05) is 140 Å². The van der Waals surface area contributed by atoms with Crippen LogP contribution < -0.4 is 4.90 Å². The smallest absolute Gasteiger partial charge is 0.101 e. The topological polar surface area (TPSA) is 108 Å². The van der Waals surface area contributed by atoms with Crippen LogP contribution in [0.15, 0.2) is 224 Å². The van der Waals surface area contributed by atoms with Gasteiger partial charge < -0.3 is 14.0 Å². The van der Waals surface area contributed by atoms with Gasteiger partial charge in [-0.15, -0.1) is 0 Å². The number of para-hydroxylation sites is 4. The first-order chi connectivity index (χ1) is 35.0. The van der Waals surface area contributed by atoms with Gasteiger partial charge in [0.2, 0.25) is 0 Å². The van der Waals surface area contributed by atoms with Crippen LogP contribution in [-0.4, -0.2) is 9.13 Å². The molecule has 7 nitrogen and oxygen atoms in total. The van der Waals surface area contributed by atoms with Crippen molar-refractivity contribution in [2.24, 2.45) is 0 Å². The zero-order chi connectivity index (χ0) is 48.0. The number of benzene rings is 10. The molecule has 10 aromatic carbocycles. The van der Waals surface area contributed by atoms with Crippen LogP contribution in [0.25, 0.3) is 88.4 Å². The van der Waals surface area contributed by atoms with E-state index in [2.05, 4.69) is 175 Å². The zero-order valence-corrected chi connectivity index (χ0v) is 38.0. The predicted molar refractivity (Wildman–Crippen MR) is 285 cm³/mol. The average molecular weight is 904 g/mol. The van der Waals surface area contributed by atoms with Crippen LogP contribution in [0.1, 0.15) is 22.3 Å². The predicted octanol–water partition coefficient (Wildman–Crippen LogP) is 15.8. The fourth-order valence-electron chi connectivity index (χ4n) is 10.2. The monoisotopic (exact) mass is 903 g/mol. The third-order valence-corrected chi connectivity index (χ3v) is 13.5. The van der Waals surface area contributed by atoms with E-state index >= 15 is 0 Å². The molecule has 0 amide bonds. The molecule has 0 aliphatic heterocycles. The van der Waals surface area contributed by atoms with E-state index < -0.39 is 0 Å². The molecule has 0 aliphatic carbocycles. The summed E-state index contributed by atoms with van der Waals surface area (Å²) in [4.78, 5) is 2.25. The number of rotatable bonds is 8. The third kappa shape index (κ3) is 7.03. The number of hydrogen-bond donors (Lipinski definition) is 0. The number of nitrogens with zero attached hydrogens (tertiary/aromatic N) is 7. The van der Waals surface area contributed by atoms with E-state index in [9.17, 15) is 21.0 Å². The van der Waals surface area contributed by atoms with Gasteiger partial charge in [-0.2, -0.15) is 21.0 Å². The molecule has 0 radical (unpaired) electrons. The van der Waals surface area contributed by atoms with Crippen molar-refractivity contribution in [1.29, 1.82) is 21.0 Å². The molecule has 0 aliphatic rings. The molecule has 2 heterocycles. The first kappa shape index (κ1) is 42.0. The SMILES string of the molecule is N#Cc1cccc(C#N)c1-n1c2ccccc2c2cc(N(c3ccc(-c4ccc(-c5ccc(-c6ccccc6)cc5)cc4)cc3)c3ccc4c(c3)c3ccccc3n4-c3c(C#N)cccc3C#N)ccc21. The number of anilines is 3. The average Bonchev–Trinajstić information content (AvgIpc) is 3.95. The number of hydrogen-bond acceptors (Lipinski definition) is 5. The Morgan fingerprint density at radius 2 is 0.577 bits per heavy atom. The first-order valence-electron chi connectivity index (χ1n) is 23.2. The number of nitriles is 4. The molecule has 0 spiro atoms. The summed E-state index contributed by atoms with van der Waals surface area (Å²) in [5.41, 5.74) is 15.8. The van der Waals surface area contributed by atoms with Gasteiger partial charge >= 0.3 is 0 Å². The Morgan fingerprint density at radius 1 is 0.268 bits per heavy atom. The fraction of sp³-hybridized carbons (Fsp3) is 0. The van der Waals surface area contributed by atoms with Crippen LogP contribution in [0.5, 0.6) is 0 Å². The second-order valence-electron chi connectivity index (χ2n) is 17.4. The Bertz CT molecular complexity index is 3990. The molecule has 2 aromatic heterocycles. The van der Waals surface area contributed by atoms with E-state index in [0.717, 1.165) is 82.9 Å². The van der Waals surface area contributed by atoms with Crippen LogP contribution in [0, 0.1) is 45.3 Å². The van der Waals surface area contributed by atoms with Gasteiger partial charge in [0.15, 0.2) is 0 Å². The van der Waals surface area contributed by atoms with E-state index in [-0.39, 0.29) is 0 Å². The molecule has 0 fully saturated rings. The van der Waals surface area contributed by atoms with Gasteiger partial charge in [0.1, 0.15) is 24.3 Å². The molecule has 12 rings (SSSR count).